The van der Waals surface area contributed by atoms with Gasteiger partial charge in [0.05, 0.1) is 12.3 Å². The van der Waals surface area contributed by atoms with Gasteiger partial charge in [0, 0.05) is 25.2 Å². The van der Waals surface area contributed by atoms with E-state index in [1.165, 1.54) is 16.7 Å². The van der Waals surface area contributed by atoms with Crippen molar-refractivity contribution in [1.82, 2.24) is 15.6 Å². The minimum absolute atomic E-state index is 0.0779. The van der Waals surface area contributed by atoms with E-state index in [0.29, 0.717) is 11.3 Å². The van der Waals surface area contributed by atoms with E-state index in [4.69, 9.17) is 4.74 Å². The van der Waals surface area contributed by atoms with E-state index in [-0.39, 0.29) is 24.5 Å². The number of carbonyl (C=O) groups excluding carboxylic acids is 2. The molecule has 41 heavy (non-hydrogen) atoms. The van der Waals surface area contributed by atoms with Crippen molar-refractivity contribution in [3.8, 4) is 5.75 Å². The average molecular weight is 547 g/mol. The van der Waals surface area contributed by atoms with Crippen LogP contribution in [0.4, 0.5) is 0 Å². The number of amides is 2. The molecule has 0 fully saturated rings. The fraction of sp³-hybridized carbons (Fsp3) is 0.206. The highest BCUT2D eigenvalue weighted by Crippen LogP contribution is 2.20. The topological polar surface area (TPSA) is 83.0 Å². The maximum Gasteiger partial charge on any atom is 0.271 e. The van der Waals surface area contributed by atoms with Crippen LogP contribution in [0.1, 0.15) is 51.1 Å². The summed E-state index contributed by atoms with van der Waals surface area (Å²) in [6.45, 7) is 4.69. The molecular formula is C34H34N4O3. The van der Waals surface area contributed by atoms with Gasteiger partial charge in [0.2, 0.25) is 0 Å². The molecule has 0 radical (unpaired) electrons. The summed E-state index contributed by atoms with van der Waals surface area (Å²) in [5, 5.41) is 7.01. The molecule has 1 aliphatic rings. The zero-order valence-corrected chi connectivity index (χ0v) is 23.1. The summed E-state index contributed by atoms with van der Waals surface area (Å²) < 4.78 is 5.60. The van der Waals surface area contributed by atoms with Crippen molar-refractivity contribution in [2.24, 2.45) is 5.10 Å². The minimum Gasteiger partial charge on any atom is -0.484 e. The molecule has 4 aromatic rings. The molecule has 1 atom stereocenters. The Labute approximate surface area is 240 Å². The van der Waals surface area contributed by atoms with Gasteiger partial charge >= 0.3 is 0 Å². The number of nitrogens with one attached hydrogen (secondary N) is 2. The third-order valence-corrected chi connectivity index (χ3v) is 7.14. The van der Waals surface area contributed by atoms with E-state index in [1.54, 1.807) is 18.3 Å². The normalized spacial score (nSPS) is 13.8. The summed E-state index contributed by atoms with van der Waals surface area (Å²) in [6, 6.07) is 33.1. The summed E-state index contributed by atoms with van der Waals surface area (Å²) in [6.07, 6.45) is 2.63. The predicted octanol–water partition coefficient (Wildman–Crippen LogP) is 5.27. The van der Waals surface area contributed by atoms with Gasteiger partial charge in [-0.15, -0.1) is 0 Å². The highest BCUT2D eigenvalue weighted by molar-refractivity contribution is 5.94. The van der Waals surface area contributed by atoms with Crippen LogP contribution in [0.5, 0.6) is 5.75 Å². The first-order valence-corrected chi connectivity index (χ1v) is 13.8. The van der Waals surface area contributed by atoms with Crippen LogP contribution < -0.4 is 15.5 Å². The molecule has 0 saturated heterocycles. The molecule has 0 spiro atoms. The Hall–Kier alpha value is -4.75. The van der Waals surface area contributed by atoms with E-state index < -0.39 is 0 Å². The van der Waals surface area contributed by atoms with Gasteiger partial charge in [-0.25, -0.2) is 5.43 Å². The summed E-state index contributed by atoms with van der Waals surface area (Å²) >= 11 is 0. The van der Waals surface area contributed by atoms with Gasteiger partial charge in [-0.3, -0.25) is 14.5 Å². The largest absolute Gasteiger partial charge is 0.484 e. The number of carbonyl (C=O) groups is 2. The second kappa shape index (κ2) is 13.5. The lowest BCUT2D eigenvalue weighted by Gasteiger charge is -2.28. The number of ether oxygens (including phenoxy) is 1. The smallest absolute Gasteiger partial charge is 0.271 e. The van der Waals surface area contributed by atoms with Crippen LogP contribution in [-0.2, 0) is 24.3 Å². The van der Waals surface area contributed by atoms with Gasteiger partial charge < -0.3 is 10.1 Å². The lowest BCUT2D eigenvalue weighted by molar-refractivity contribution is -0.123. The van der Waals surface area contributed by atoms with Crippen LogP contribution in [0.2, 0.25) is 0 Å². The molecule has 2 amide bonds. The molecule has 0 aliphatic carbocycles. The van der Waals surface area contributed by atoms with Crippen molar-refractivity contribution in [3.05, 3.63) is 137 Å². The first-order chi connectivity index (χ1) is 20.0. The monoisotopic (exact) mass is 546 g/mol. The lowest BCUT2D eigenvalue weighted by atomic mass is 9.99. The van der Waals surface area contributed by atoms with Crippen LogP contribution >= 0.6 is 0 Å². The number of benzene rings is 4. The Morgan fingerprint density at radius 2 is 1.61 bits per heavy atom. The van der Waals surface area contributed by atoms with E-state index in [9.17, 15) is 9.59 Å². The molecule has 1 heterocycles. The molecule has 7 nitrogen and oxygen atoms in total. The highest BCUT2D eigenvalue weighted by Gasteiger charge is 2.16. The molecule has 1 aliphatic heterocycles. The first kappa shape index (κ1) is 27.8. The summed E-state index contributed by atoms with van der Waals surface area (Å²) in [5.41, 5.74) is 8.97. The standard InChI is InChI=1S/C34H34N4O3/c1-25(28-7-3-2-4-8-28)36-33(39)24-41-32-17-13-26(14-18-32)21-35-37-34(40)30-15-11-27(12-16-30)22-38-20-19-29-9-5-6-10-31(29)23-38/h2-18,21,25H,19-20,22-24H2,1H3,(H,36,39)(H,37,40)/b35-21-/t25-/m0/s1. The van der Waals surface area contributed by atoms with Crippen molar-refractivity contribution >= 4 is 18.0 Å². The quantitative estimate of drug-likeness (QED) is 0.210. The summed E-state index contributed by atoms with van der Waals surface area (Å²) in [7, 11) is 0. The van der Waals surface area contributed by atoms with Crippen LogP contribution in [0.3, 0.4) is 0 Å². The van der Waals surface area contributed by atoms with E-state index >= 15 is 0 Å². The van der Waals surface area contributed by atoms with Gasteiger partial charge in [-0.05, 0) is 77.6 Å². The van der Waals surface area contributed by atoms with Crippen molar-refractivity contribution in [3.63, 3.8) is 0 Å². The SMILES string of the molecule is C[C@H](NC(=O)COc1ccc(/C=N\NC(=O)c2ccc(CN3CCc4ccccc4C3)cc2)cc1)c1ccccc1. The van der Waals surface area contributed by atoms with E-state index in [0.717, 1.165) is 37.2 Å². The average Bonchev–Trinajstić information content (AvgIpc) is 3.01. The molecule has 0 unspecified atom stereocenters. The molecular weight excluding hydrogens is 512 g/mol. The molecule has 0 bridgehead atoms. The Morgan fingerprint density at radius 1 is 0.902 bits per heavy atom. The van der Waals surface area contributed by atoms with Crippen molar-refractivity contribution in [1.29, 1.82) is 0 Å². The molecule has 5 rings (SSSR count). The highest BCUT2D eigenvalue weighted by atomic mass is 16.5. The van der Waals surface area contributed by atoms with Crippen LogP contribution in [0.15, 0.2) is 108 Å². The van der Waals surface area contributed by atoms with Crippen molar-refractivity contribution < 1.29 is 14.3 Å². The summed E-state index contributed by atoms with van der Waals surface area (Å²) in [5.74, 6) is 0.109. The van der Waals surface area contributed by atoms with Gasteiger partial charge in [0.15, 0.2) is 6.61 Å². The second-order valence-electron chi connectivity index (χ2n) is 10.2. The lowest BCUT2D eigenvalue weighted by Crippen LogP contribution is -2.31. The first-order valence-electron chi connectivity index (χ1n) is 13.8. The van der Waals surface area contributed by atoms with E-state index in [1.807, 2.05) is 73.7 Å². The molecule has 0 aromatic heterocycles. The number of nitrogens with zero attached hydrogens (tertiary/aromatic N) is 2. The molecule has 2 N–H and O–H groups in total. The maximum atomic E-state index is 12.6. The Balaban J connectivity index is 1.04. The van der Waals surface area contributed by atoms with E-state index in [2.05, 4.69) is 45.0 Å². The van der Waals surface area contributed by atoms with Gasteiger partial charge in [0.1, 0.15) is 5.75 Å². The van der Waals surface area contributed by atoms with Gasteiger partial charge in [-0.1, -0.05) is 66.7 Å². The number of hydrogen-bond donors (Lipinski definition) is 2. The fourth-order valence-electron chi connectivity index (χ4n) is 4.85. The molecule has 208 valence electrons. The Bertz CT molecular complexity index is 1480. The number of rotatable bonds is 10. The fourth-order valence-corrected chi connectivity index (χ4v) is 4.85. The van der Waals surface area contributed by atoms with Crippen LogP contribution in [-0.4, -0.2) is 36.1 Å². The predicted molar refractivity (Wildman–Crippen MR) is 161 cm³/mol. The van der Waals surface area contributed by atoms with Crippen LogP contribution in [0, 0.1) is 0 Å². The summed E-state index contributed by atoms with van der Waals surface area (Å²) in [4.78, 5) is 27.2. The molecule has 7 heteroatoms. The zero-order chi connectivity index (χ0) is 28.4. The molecule has 4 aromatic carbocycles. The van der Waals surface area contributed by atoms with Crippen molar-refractivity contribution in [2.75, 3.05) is 13.2 Å². The number of fused-ring (bicyclic) bond motifs is 1. The third-order valence-electron chi connectivity index (χ3n) is 7.14. The second-order valence-corrected chi connectivity index (χ2v) is 10.2. The minimum atomic E-state index is -0.268. The number of hydrogen-bond acceptors (Lipinski definition) is 5. The Kier molecular flexibility index (Phi) is 9.19. The number of hydrazone groups is 1. The Morgan fingerprint density at radius 3 is 2.37 bits per heavy atom. The third kappa shape index (κ3) is 7.90. The van der Waals surface area contributed by atoms with Gasteiger partial charge in [0.25, 0.3) is 11.8 Å². The molecule has 0 saturated carbocycles. The van der Waals surface area contributed by atoms with Gasteiger partial charge in [-0.2, -0.15) is 5.10 Å². The van der Waals surface area contributed by atoms with Crippen molar-refractivity contribution in [2.45, 2.75) is 32.5 Å². The zero-order valence-electron chi connectivity index (χ0n) is 23.1. The maximum absolute atomic E-state index is 12.6. The van der Waals surface area contributed by atoms with Crippen LogP contribution in [0.25, 0.3) is 0 Å².